The van der Waals surface area contributed by atoms with Crippen LogP contribution in [0.25, 0.3) is 6.08 Å². The van der Waals surface area contributed by atoms with Crippen molar-refractivity contribution in [3.8, 4) is 0 Å². The summed E-state index contributed by atoms with van der Waals surface area (Å²) < 4.78 is 19.3. The van der Waals surface area contributed by atoms with Gasteiger partial charge in [0.25, 0.3) is 0 Å². The average molecular weight is 279 g/mol. The summed E-state index contributed by atoms with van der Waals surface area (Å²) in [5.41, 5.74) is 1.15. The van der Waals surface area contributed by atoms with Crippen molar-refractivity contribution in [2.75, 3.05) is 20.3 Å². The van der Waals surface area contributed by atoms with E-state index in [1.165, 1.54) is 12.1 Å². The first-order valence-corrected chi connectivity index (χ1v) is 6.53. The van der Waals surface area contributed by atoms with Crippen LogP contribution >= 0.6 is 0 Å². The Morgan fingerprint density at radius 1 is 1.60 bits per heavy atom. The molecule has 0 saturated carbocycles. The summed E-state index contributed by atoms with van der Waals surface area (Å²) >= 11 is 0. The molecule has 1 aromatic rings. The Morgan fingerprint density at radius 3 is 3.00 bits per heavy atom. The summed E-state index contributed by atoms with van der Waals surface area (Å²) in [5, 5.41) is 8.54. The zero-order valence-corrected chi connectivity index (χ0v) is 11.4. The van der Waals surface area contributed by atoms with Crippen molar-refractivity contribution in [1.82, 2.24) is 4.90 Å². The number of rotatable bonds is 5. The Hall–Kier alpha value is -1.72. The molecule has 20 heavy (non-hydrogen) atoms. The molecule has 1 atom stereocenters. The smallest absolute Gasteiger partial charge is 0.328 e. The van der Waals surface area contributed by atoms with Crippen molar-refractivity contribution < 1.29 is 19.0 Å². The molecule has 1 N–H and O–H groups in total. The van der Waals surface area contributed by atoms with E-state index in [0.29, 0.717) is 30.3 Å². The number of carbonyl (C=O) groups is 1. The van der Waals surface area contributed by atoms with E-state index in [4.69, 9.17) is 9.84 Å². The standard InChI is InChI=1S/C15H18FNO3/c1-17(13-6-7-20-10-13)9-12-4-2-11(8-14(12)16)3-5-15(18)19/h2-5,8,13H,6-7,9-10H2,1H3,(H,18,19)/b5-3+. The Kier molecular flexibility index (Phi) is 4.87. The lowest BCUT2D eigenvalue weighted by atomic mass is 10.1. The maximum atomic E-state index is 14.0. The predicted octanol–water partition coefficient (Wildman–Crippen LogP) is 2.14. The minimum Gasteiger partial charge on any atom is -0.478 e. The largest absolute Gasteiger partial charge is 0.478 e. The van der Waals surface area contributed by atoms with Gasteiger partial charge in [0.2, 0.25) is 0 Å². The molecule has 0 spiro atoms. The number of ether oxygens (including phenoxy) is 1. The Labute approximate surface area is 117 Å². The van der Waals surface area contributed by atoms with Crippen molar-refractivity contribution >= 4 is 12.0 Å². The van der Waals surface area contributed by atoms with Crippen LogP contribution in [0.1, 0.15) is 17.5 Å². The molecule has 4 nitrogen and oxygen atoms in total. The van der Waals surface area contributed by atoms with Crippen LogP contribution in [0.5, 0.6) is 0 Å². The highest BCUT2D eigenvalue weighted by Crippen LogP contribution is 2.17. The lowest BCUT2D eigenvalue weighted by molar-refractivity contribution is -0.131. The lowest BCUT2D eigenvalue weighted by Gasteiger charge is -2.23. The maximum Gasteiger partial charge on any atom is 0.328 e. The fourth-order valence-electron chi connectivity index (χ4n) is 2.23. The molecule has 1 aliphatic rings. The molecule has 1 unspecified atom stereocenters. The molecule has 1 aromatic carbocycles. The normalized spacial score (nSPS) is 19.1. The van der Waals surface area contributed by atoms with Gasteiger partial charge >= 0.3 is 5.97 Å². The van der Waals surface area contributed by atoms with Gasteiger partial charge in [0.1, 0.15) is 5.82 Å². The molecule has 0 aliphatic carbocycles. The number of halogens is 1. The SMILES string of the molecule is CN(Cc1ccc(/C=C/C(=O)O)cc1F)C1CCOC1. The molecule has 108 valence electrons. The zero-order valence-electron chi connectivity index (χ0n) is 11.4. The van der Waals surface area contributed by atoms with Crippen LogP contribution in [-0.4, -0.2) is 42.3 Å². The van der Waals surface area contributed by atoms with Crippen molar-refractivity contribution in [3.63, 3.8) is 0 Å². The summed E-state index contributed by atoms with van der Waals surface area (Å²) in [4.78, 5) is 12.5. The molecule has 1 aliphatic heterocycles. The third-order valence-corrected chi connectivity index (χ3v) is 3.44. The monoisotopic (exact) mass is 279 g/mol. The van der Waals surface area contributed by atoms with Gasteiger partial charge in [0, 0.05) is 30.8 Å². The lowest BCUT2D eigenvalue weighted by Crippen LogP contribution is -2.31. The van der Waals surface area contributed by atoms with Gasteiger partial charge in [-0.25, -0.2) is 9.18 Å². The van der Waals surface area contributed by atoms with E-state index >= 15 is 0 Å². The number of carboxylic acids is 1. The first-order valence-electron chi connectivity index (χ1n) is 6.53. The van der Waals surface area contributed by atoms with Gasteiger partial charge in [0.15, 0.2) is 0 Å². The van der Waals surface area contributed by atoms with Crippen LogP contribution in [0.2, 0.25) is 0 Å². The van der Waals surface area contributed by atoms with E-state index in [1.54, 1.807) is 12.1 Å². The molecule has 1 fully saturated rings. The van der Waals surface area contributed by atoms with E-state index < -0.39 is 5.97 Å². The second kappa shape index (κ2) is 6.63. The number of nitrogens with zero attached hydrogens (tertiary/aromatic N) is 1. The number of benzene rings is 1. The Balaban J connectivity index is 2.03. The van der Waals surface area contributed by atoms with E-state index in [-0.39, 0.29) is 5.82 Å². The van der Waals surface area contributed by atoms with E-state index in [2.05, 4.69) is 4.90 Å². The molecule has 0 bridgehead atoms. The first kappa shape index (κ1) is 14.7. The second-order valence-electron chi connectivity index (χ2n) is 4.95. The highest BCUT2D eigenvalue weighted by Gasteiger charge is 2.20. The number of aliphatic carboxylic acids is 1. The van der Waals surface area contributed by atoms with Gasteiger partial charge in [-0.2, -0.15) is 0 Å². The minimum atomic E-state index is -1.05. The number of hydrogen-bond donors (Lipinski definition) is 1. The van der Waals surface area contributed by atoms with Gasteiger partial charge < -0.3 is 9.84 Å². The molecule has 0 amide bonds. The van der Waals surface area contributed by atoms with Gasteiger partial charge in [-0.05, 0) is 31.2 Å². The van der Waals surface area contributed by atoms with Gasteiger partial charge in [-0.3, -0.25) is 4.90 Å². The van der Waals surface area contributed by atoms with Crippen molar-refractivity contribution in [3.05, 3.63) is 41.2 Å². The summed E-state index contributed by atoms with van der Waals surface area (Å²) in [7, 11) is 1.96. The summed E-state index contributed by atoms with van der Waals surface area (Å²) in [6.45, 7) is 1.97. The molecule has 0 aromatic heterocycles. The van der Waals surface area contributed by atoms with E-state index in [0.717, 1.165) is 19.1 Å². The van der Waals surface area contributed by atoms with Crippen molar-refractivity contribution in [2.45, 2.75) is 19.0 Å². The molecular weight excluding hydrogens is 261 g/mol. The molecule has 0 radical (unpaired) electrons. The summed E-state index contributed by atoms with van der Waals surface area (Å²) in [6.07, 6.45) is 3.34. The van der Waals surface area contributed by atoms with Crippen LogP contribution in [0.15, 0.2) is 24.3 Å². The summed E-state index contributed by atoms with van der Waals surface area (Å²) in [5.74, 6) is -1.36. The van der Waals surface area contributed by atoms with Gasteiger partial charge in [0.05, 0.1) is 6.61 Å². The minimum absolute atomic E-state index is 0.316. The first-order chi connectivity index (χ1) is 9.56. The van der Waals surface area contributed by atoms with Gasteiger partial charge in [-0.1, -0.05) is 12.1 Å². The predicted molar refractivity (Wildman–Crippen MR) is 73.8 cm³/mol. The third kappa shape index (κ3) is 3.88. The fraction of sp³-hybridized carbons (Fsp3) is 0.400. The van der Waals surface area contributed by atoms with Gasteiger partial charge in [-0.15, -0.1) is 0 Å². The Bertz CT molecular complexity index is 510. The van der Waals surface area contributed by atoms with Crippen LogP contribution in [0.3, 0.4) is 0 Å². The van der Waals surface area contributed by atoms with Crippen LogP contribution in [0, 0.1) is 5.82 Å². The highest BCUT2D eigenvalue weighted by atomic mass is 19.1. The fourth-order valence-corrected chi connectivity index (χ4v) is 2.23. The van der Waals surface area contributed by atoms with Crippen LogP contribution < -0.4 is 0 Å². The molecular formula is C15H18FNO3. The highest BCUT2D eigenvalue weighted by molar-refractivity contribution is 5.85. The van der Waals surface area contributed by atoms with Crippen molar-refractivity contribution in [1.29, 1.82) is 0 Å². The molecule has 5 heteroatoms. The number of hydrogen-bond acceptors (Lipinski definition) is 3. The summed E-state index contributed by atoms with van der Waals surface area (Å²) in [6, 6.07) is 5.11. The molecule has 2 rings (SSSR count). The number of likely N-dealkylation sites (N-methyl/N-ethyl adjacent to an activating group) is 1. The molecule has 1 heterocycles. The Morgan fingerprint density at radius 2 is 2.40 bits per heavy atom. The van der Waals surface area contributed by atoms with E-state index in [9.17, 15) is 9.18 Å². The quantitative estimate of drug-likeness (QED) is 0.839. The zero-order chi connectivity index (χ0) is 14.5. The van der Waals surface area contributed by atoms with Crippen LogP contribution in [0.4, 0.5) is 4.39 Å². The van der Waals surface area contributed by atoms with E-state index in [1.807, 2.05) is 7.05 Å². The second-order valence-corrected chi connectivity index (χ2v) is 4.95. The van der Waals surface area contributed by atoms with Crippen molar-refractivity contribution in [2.24, 2.45) is 0 Å². The van der Waals surface area contributed by atoms with Crippen LogP contribution in [-0.2, 0) is 16.1 Å². The topological polar surface area (TPSA) is 49.8 Å². The third-order valence-electron chi connectivity index (χ3n) is 3.44. The average Bonchev–Trinajstić information content (AvgIpc) is 2.93. The molecule has 1 saturated heterocycles. The number of carboxylic acid groups (broad SMARTS) is 1. The maximum absolute atomic E-state index is 14.0.